The zero-order valence-electron chi connectivity index (χ0n) is 15.5. The molecular weight excluding hydrogens is 366 g/mol. The van der Waals surface area contributed by atoms with E-state index < -0.39 is 10.0 Å². The summed E-state index contributed by atoms with van der Waals surface area (Å²) in [5.41, 5.74) is 0.739. The van der Waals surface area contributed by atoms with Crippen LogP contribution in [-0.2, 0) is 21.4 Å². The molecule has 27 heavy (non-hydrogen) atoms. The van der Waals surface area contributed by atoms with E-state index in [-0.39, 0.29) is 17.3 Å². The van der Waals surface area contributed by atoms with Gasteiger partial charge in [-0.2, -0.15) is 0 Å². The Morgan fingerprint density at radius 1 is 1.19 bits per heavy atom. The van der Waals surface area contributed by atoms with Gasteiger partial charge in [-0.25, -0.2) is 13.1 Å². The van der Waals surface area contributed by atoms with Crippen molar-refractivity contribution in [1.82, 2.24) is 14.9 Å². The number of benzene rings is 1. The van der Waals surface area contributed by atoms with Crippen LogP contribution in [0.2, 0.25) is 0 Å². The molecule has 0 unspecified atom stereocenters. The van der Waals surface area contributed by atoms with Crippen LogP contribution >= 0.6 is 0 Å². The largest absolute Gasteiger partial charge is 0.468 e. The molecular formula is C19H25N3O4S. The summed E-state index contributed by atoms with van der Waals surface area (Å²) in [7, 11) is 0.345. The molecule has 2 N–H and O–H groups in total. The smallest absolute Gasteiger partial charge is 0.243 e. The third kappa shape index (κ3) is 7.38. The first-order valence-electron chi connectivity index (χ1n) is 8.59. The number of hydrogen-bond acceptors (Lipinski definition) is 5. The standard InChI is InChI=1S/C19H25N3O4S/c1-22(2)13-4-12-20-19(23)11-8-16-6-9-18(10-7-16)27(24,25)21-15-17-5-3-14-26-17/h3,5-11,14,21H,4,12-13,15H2,1-2H3,(H,20,23)/b11-8+. The normalized spacial score (nSPS) is 12.0. The minimum Gasteiger partial charge on any atom is -0.468 e. The van der Waals surface area contributed by atoms with Gasteiger partial charge in [-0.15, -0.1) is 0 Å². The van der Waals surface area contributed by atoms with Gasteiger partial charge in [0.25, 0.3) is 0 Å². The van der Waals surface area contributed by atoms with Crippen molar-refractivity contribution in [1.29, 1.82) is 0 Å². The summed E-state index contributed by atoms with van der Waals surface area (Å²) in [6.45, 7) is 1.61. The Labute approximate surface area is 160 Å². The van der Waals surface area contributed by atoms with Gasteiger partial charge < -0.3 is 14.6 Å². The monoisotopic (exact) mass is 391 g/mol. The number of sulfonamides is 1. The molecule has 0 fully saturated rings. The highest BCUT2D eigenvalue weighted by atomic mass is 32.2. The van der Waals surface area contributed by atoms with E-state index in [9.17, 15) is 13.2 Å². The molecule has 1 aromatic carbocycles. The van der Waals surface area contributed by atoms with E-state index >= 15 is 0 Å². The van der Waals surface area contributed by atoms with Crippen LogP contribution < -0.4 is 10.0 Å². The molecule has 0 spiro atoms. The van der Waals surface area contributed by atoms with Gasteiger partial charge in [-0.05, 0) is 63.0 Å². The third-order valence-electron chi connectivity index (χ3n) is 3.72. The summed E-state index contributed by atoms with van der Waals surface area (Å²) < 4.78 is 32.1. The van der Waals surface area contributed by atoms with E-state index in [1.807, 2.05) is 14.1 Å². The van der Waals surface area contributed by atoms with Crippen LogP contribution in [0.15, 0.2) is 58.1 Å². The average Bonchev–Trinajstić information content (AvgIpc) is 3.16. The molecule has 0 saturated carbocycles. The minimum atomic E-state index is -3.62. The number of amides is 1. The molecule has 1 amide bonds. The molecule has 0 atom stereocenters. The summed E-state index contributed by atoms with van der Waals surface area (Å²) in [6, 6.07) is 9.69. The maximum Gasteiger partial charge on any atom is 0.243 e. The van der Waals surface area contributed by atoms with Gasteiger partial charge in [-0.1, -0.05) is 12.1 Å². The Hall–Kier alpha value is -2.42. The summed E-state index contributed by atoms with van der Waals surface area (Å²) >= 11 is 0. The van der Waals surface area contributed by atoms with Crippen molar-refractivity contribution < 1.29 is 17.6 Å². The van der Waals surface area contributed by atoms with E-state index in [2.05, 4.69) is 14.9 Å². The van der Waals surface area contributed by atoms with Gasteiger partial charge >= 0.3 is 0 Å². The number of furan rings is 1. The fraction of sp³-hybridized carbons (Fsp3) is 0.316. The van der Waals surface area contributed by atoms with Gasteiger partial charge in [0.1, 0.15) is 5.76 Å². The molecule has 146 valence electrons. The van der Waals surface area contributed by atoms with Crippen LogP contribution in [0.5, 0.6) is 0 Å². The summed E-state index contributed by atoms with van der Waals surface area (Å²) in [4.78, 5) is 14.0. The van der Waals surface area contributed by atoms with Crippen molar-refractivity contribution in [3.63, 3.8) is 0 Å². The molecule has 1 aromatic heterocycles. The van der Waals surface area contributed by atoms with E-state index in [1.54, 1.807) is 30.3 Å². The Morgan fingerprint density at radius 2 is 1.93 bits per heavy atom. The second-order valence-corrected chi connectivity index (χ2v) is 8.02. The van der Waals surface area contributed by atoms with Crippen molar-refractivity contribution in [3.05, 3.63) is 60.1 Å². The summed E-state index contributed by atoms with van der Waals surface area (Å²) in [6.07, 6.45) is 5.45. The van der Waals surface area contributed by atoms with Crippen molar-refractivity contribution in [2.45, 2.75) is 17.9 Å². The zero-order chi connectivity index (χ0) is 19.7. The first-order valence-corrected chi connectivity index (χ1v) is 10.1. The van der Waals surface area contributed by atoms with Crippen LogP contribution in [0.3, 0.4) is 0 Å². The molecule has 0 aliphatic rings. The van der Waals surface area contributed by atoms with E-state index in [4.69, 9.17) is 4.42 Å². The Bertz CT molecular complexity index is 842. The Kier molecular flexibility index (Phi) is 7.78. The second kappa shape index (κ2) is 10.1. The molecule has 0 bridgehead atoms. The maximum absolute atomic E-state index is 12.3. The third-order valence-corrected chi connectivity index (χ3v) is 5.13. The Morgan fingerprint density at radius 3 is 2.56 bits per heavy atom. The fourth-order valence-electron chi connectivity index (χ4n) is 2.26. The van der Waals surface area contributed by atoms with Gasteiger partial charge in [0.2, 0.25) is 15.9 Å². The van der Waals surface area contributed by atoms with Crippen molar-refractivity contribution in [2.75, 3.05) is 27.2 Å². The fourth-order valence-corrected chi connectivity index (χ4v) is 3.25. The number of carbonyl (C=O) groups is 1. The number of nitrogens with one attached hydrogen (secondary N) is 2. The van der Waals surface area contributed by atoms with Gasteiger partial charge in [-0.3, -0.25) is 4.79 Å². The van der Waals surface area contributed by atoms with Crippen LogP contribution in [0.4, 0.5) is 0 Å². The lowest BCUT2D eigenvalue weighted by Gasteiger charge is -2.08. The quantitative estimate of drug-likeness (QED) is 0.476. The highest BCUT2D eigenvalue weighted by Crippen LogP contribution is 2.12. The van der Waals surface area contributed by atoms with E-state index in [0.717, 1.165) is 18.5 Å². The van der Waals surface area contributed by atoms with Crippen LogP contribution in [0.1, 0.15) is 17.7 Å². The second-order valence-electron chi connectivity index (χ2n) is 6.25. The minimum absolute atomic E-state index is 0.0883. The predicted molar refractivity (Wildman–Crippen MR) is 104 cm³/mol. The lowest BCUT2D eigenvalue weighted by molar-refractivity contribution is -0.116. The average molecular weight is 391 g/mol. The predicted octanol–water partition coefficient (Wildman–Crippen LogP) is 1.84. The molecule has 1 heterocycles. The summed E-state index contributed by atoms with van der Waals surface area (Å²) in [5, 5.41) is 2.81. The number of rotatable bonds is 10. The highest BCUT2D eigenvalue weighted by Gasteiger charge is 2.13. The lowest BCUT2D eigenvalue weighted by Crippen LogP contribution is -2.25. The van der Waals surface area contributed by atoms with Crippen molar-refractivity contribution in [2.24, 2.45) is 0 Å². The number of nitrogens with zero attached hydrogens (tertiary/aromatic N) is 1. The van der Waals surface area contributed by atoms with Crippen molar-refractivity contribution >= 4 is 22.0 Å². The summed E-state index contributed by atoms with van der Waals surface area (Å²) in [5.74, 6) is 0.361. The SMILES string of the molecule is CN(C)CCCNC(=O)/C=C/c1ccc(S(=O)(=O)NCc2ccco2)cc1. The molecule has 0 aliphatic carbocycles. The molecule has 2 rings (SSSR count). The lowest BCUT2D eigenvalue weighted by atomic mass is 10.2. The van der Waals surface area contributed by atoms with Gasteiger partial charge in [0.15, 0.2) is 0 Å². The highest BCUT2D eigenvalue weighted by molar-refractivity contribution is 7.89. The molecule has 0 aliphatic heterocycles. The van der Waals surface area contributed by atoms with Crippen LogP contribution in [0.25, 0.3) is 6.08 Å². The topological polar surface area (TPSA) is 91.7 Å². The molecule has 7 nitrogen and oxygen atoms in total. The Balaban J connectivity index is 1.85. The first-order chi connectivity index (χ1) is 12.9. The molecule has 0 radical (unpaired) electrons. The first kappa shape index (κ1) is 20.9. The van der Waals surface area contributed by atoms with Gasteiger partial charge in [0, 0.05) is 12.6 Å². The molecule has 0 saturated heterocycles. The van der Waals surface area contributed by atoms with Crippen molar-refractivity contribution in [3.8, 4) is 0 Å². The zero-order valence-corrected chi connectivity index (χ0v) is 16.3. The number of carbonyl (C=O) groups excluding carboxylic acids is 1. The maximum atomic E-state index is 12.3. The number of hydrogen-bond donors (Lipinski definition) is 2. The van der Waals surface area contributed by atoms with E-state index in [0.29, 0.717) is 12.3 Å². The van der Waals surface area contributed by atoms with E-state index in [1.165, 1.54) is 24.5 Å². The van der Waals surface area contributed by atoms with Crippen LogP contribution in [0, 0.1) is 0 Å². The van der Waals surface area contributed by atoms with Gasteiger partial charge in [0.05, 0.1) is 17.7 Å². The molecule has 2 aromatic rings. The molecule has 8 heteroatoms. The van der Waals surface area contributed by atoms with Crippen LogP contribution in [-0.4, -0.2) is 46.4 Å².